The van der Waals surface area contributed by atoms with Crippen molar-refractivity contribution in [3.63, 3.8) is 0 Å². The molecule has 1 aliphatic rings. The van der Waals surface area contributed by atoms with Gasteiger partial charge in [0.1, 0.15) is 18.0 Å². The van der Waals surface area contributed by atoms with Gasteiger partial charge in [-0.1, -0.05) is 0 Å². The van der Waals surface area contributed by atoms with E-state index in [4.69, 9.17) is 11.6 Å². The number of nitrogens with zero attached hydrogens (tertiary/aromatic N) is 3. The third-order valence-corrected chi connectivity index (χ3v) is 2.67. The van der Waals surface area contributed by atoms with E-state index in [1.807, 2.05) is 0 Å². The summed E-state index contributed by atoms with van der Waals surface area (Å²) in [4.78, 5) is 17.3. The Morgan fingerprint density at radius 2 is 2.53 bits per heavy atom. The first-order chi connectivity index (χ1) is 6.83. The largest absolute Gasteiger partial charge is 0.331 e. The number of hydrogen-bond acceptors (Lipinski definition) is 3. The summed E-state index contributed by atoms with van der Waals surface area (Å²) in [6.07, 6.45) is 3.38. The molecule has 5 nitrogen and oxygen atoms in total. The van der Waals surface area contributed by atoms with Crippen molar-refractivity contribution in [1.29, 1.82) is 0 Å². The van der Waals surface area contributed by atoms with E-state index < -0.39 is 0 Å². The number of nitrogens with one attached hydrogen (secondary N) is 1. The van der Waals surface area contributed by atoms with Crippen LogP contribution in [0.3, 0.4) is 0 Å². The Bertz CT molecular complexity index is 316. The Morgan fingerprint density at radius 1 is 1.73 bits per heavy atom. The van der Waals surface area contributed by atoms with Crippen molar-refractivity contribution in [3.8, 4) is 0 Å². The summed E-state index contributed by atoms with van der Waals surface area (Å²) in [6, 6.07) is 0.0312. The Balaban J connectivity index is 0.00000112. The molecule has 1 saturated heterocycles. The van der Waals surface area contributed by atoms with Gasteiger partial charge in [-0.05, 0) is 12.8 Å². The summed E-state index contributed by atoms with van der Waals surface area (Å²) >= 11 is 5.52. The first-order valence-electron chi connectivity index (χ1n) is 4.53. The third kappa shape index (κ3) is 2.41. The fourth-order valence-corrected chi connectivity index (χ4v) is 1.96. The summed E-state index contributed by atoms with van der Waals surface area (Å²) in [5.74, 6) is 0.747. The Kier molecular flexibility index (Phi) is 4.35. The van der Waals surface area contributed by atoms with Crippen LogP contribution >= 0.6 is 24.0 Å². The van der Waals surface area contributed by atoms with E-state index in [0.29, 0.717) is 0 Å². The van der Waals surface area contributed by atoms with Crippen molar-refractivity contribution in [2.75, 3.05) is 12.4 Å². The zero-order chi connectivity index (χ0) is 9.97. The average molecular weight is 251 g/mol. The Morgan fingerprint density at radius 3 is 3.13 bits per heavy atom. The minimum atomic E-state index is -0.0365. The maximum absolute atomic E-state index is 11.5. The molecule has 0 aromatic carbocycles. The number of halogens is 2. The number of amides is 1. The van der Waals surface area contributed by atoms with E-state index in [2.05, 4.69) is 15.2 Å². The Labute approximate surface area is 98.6 Å². The first kappa shape index (κ1) is 12.3. The summed E-state index contributed by atoms with van der Waals surface area (Å²) in [5, 5.41) is 6.57. The van der Waals surface area contributed by atoms with Crippen LogP contribution in [0.2, 0.25) is 0 Å². The molecule has 0 radical (unpaired) electrons. The molecule has 1 N–H and O–H groups in total. The van der Waals surface area contributed by atoms with Gasteiger partial charge in [-0.3, -0.25) is 9.89 Å². The van der Waals surface area contributed by atoms with Gasteiger partial charge in [0.25, 0.3) is 0 Å². The summed E-state index contributed by atoms with van der Waals surface area (Å²) in [7, 11) is 0. The van der Waals surface area contributed by atoms with Crippen LogP contribution in [0.15, 0.2) is 6.33 Å². The smallest absolute Gasteiger partial charge is 0.238 e. The van der Waals surface area contributed by atoms with Crippen LogP contribution in [0, 0.1) is 0 Å². The number of alkyl halides is 1. The zero-order valence-electron chi connectivity index (χ0n) is 8.02. The Hall–Kier alpha value is -0.810. The molecule has 1 aromatic heterocycles. The van der Waals surface area contributed by atoms with Gasteiger partial charge in [0.2, 0.25) is 5.91 Å². The normalized spacial score (nSPS) is 20.1. The number of rotatable bonds is 2. The SMILES string of the molecule is Cl.O=C(CCl)N1CCC[C@@H]1c1ncn[nH]1. The lowest BCUT2D eigenvalue weighted by Gasteiger charge is -2.21. The van der Waals surface area contributed by atoms with Gasteiger partial charge < -0.3 is 4.90 Å². The number of carbonyl (C=O) groups excluding carboxylic acids is 1. The van der Waals surface area contributed by atoms with Gasteiger partial charge in [0.05, 0.1) is 6.04 Å². The molecule has 0 saturated carbocycles. The highest BCUT2D eigenvalue weighted by Gasteiger charge is 2.30. The molecule has 84 valence electrons. The topological polar surface area (TPSA) is 61.9 Å². The maximum atomic E-state index is 11.5. The van der Waals surface area contributed by atoms with E-state index in [1.165, 1.54) is 6.33 Å². The molecule has 1 aromatic rings. The maximum Gasteiger partial charge on any atom is 0.238 e. The van der Waals surface area contributed by atoms with Gasteiger partial charge in [0.15, 0.2) is 0 Å². The van der Waals surface area contributed by atoms with Gasteiger partial charge in [-0.15, -0.1) is 24.0 Å². The molecular formula is C8H12Cl2N4O. The number of carbonyl (C=O) groups is 1. The second-order valence-electron chi connectivity index (χ2n) is 3.25. The number of hydrogen-bond donors (Lipinski definition) is 1. The molecule has 7 heteroatoms. The number of H-pyrrole nitrogens is 1. The molecule has 1 fully saturated rings. The quantitative estimate of drug-likeness (QED) is 0.801. The van der Waals surface area contributed by atoms with Crippen molar-refractivity contribution < 1.29 is 4.79 Å². The summed E-state index contributed by atoms with van der Waals surface area (Å²) in [5.41, 5.74) is 0. The van der Waals surface area contributed by atoms with Crippen molar-refractivity contribution >= 4 is 29.9 Å². The van der Waals surface area contributed by atoms with Crippen LogP contribution in [-0.2, 0) is 4.79 Å². The molecule has 0 aliphatic carbocycles. The molecule has 1 amide bonds. The summed E-state index contributed by atoms with van der Waals surface area (Å²) in [6.45, 7) is 0.761. The molecular weight excluding hydrogens is 239 g/mol. The summed E-state index contributed by atoms with van der Waals surface area (Å²) < 4.78 is 0. The minimum absolute atomic E-state index is 0. The van der Waals surface area contributed by atoms with Gasteiger partial charge >= 0.3 is 0 Å². The monoisotopic (exact) mass is 250 g/mol. The van der Waals surface area contributed by atoms with Crippen LogP contribution in [0.1, 0.15) is 24.7 Å². The van der Waals surface area contributed by atoms with Crippen LogP contribution in [0.4, 0.5) is 0 Å². The van der Waals surface area contributed by atoms with Crippen molar-refractivity contribution in [2.24, 2.45) is 0 Å². The molecule has 1 aliphatic heterocycles. The van der Waals surface area contributed by atoms with Gasteiger partial charge in [0, 0.05) is 6.54 Å². The number of likely N-dealkylation sites (tertiary alicyclic amines) is 1. The van der Waals surface area contributed by atoms with E-state index in [-0.39, 0.29) is 30.2 Å². The molecule has 0 spiro atoms. The van der Waals surface area contributed by atoms with Gasteiger partial charge in [-0.25, -0.2) is 4.98 Å². The van der Waals surface area contributed by atoms with E-state index in [0.717, 1.165) is 25.2 Å². The lowest BCUT2D eigenvalue weighted by Crippen LogP contribution is -2.31. The van der Waals surface area contributed by atoms with E-state index >= 15 is 0 Å². The van der Waals surface area contributed by atoms with E-state index in [1.54, 1.807) is 4.90 Å². The first-order valence-corrected chi connectivity index (χ1v) is 5.07. The predicted molar refractivity (Wildman–Crippen MR) is 58.0 cm³/mol. The predicted octanol–water partition coefficient (Wildman–Crippen LogP) is 1.13. The van der Waals surface area contributed by atoms with Crippen LogP contribution < -0.4 is 0 Å². The van der Waals surface area contributed by atoms with Crippen molar-refractivity contribution in [1.82, 2.24) is 20.1 Å². The van der Waals surface area contributed by atoms with Crippen LogP contribution in [-0.4, -0.2) is 38.4 Å². The number of aromatic amines is 1. The molecule has 0 unspecified atom stereocenters. The fraction of sp³-hybridized carbons (Fsp3) is 0.625. The van der Waals surface area contributed by atoms with E-state index in [9.17, 15) is 4.79 Å². The van der Waals surface area contributed by atoms with Crippen molar-refractivity contribution in [3.05, 3.63) is 12.2 Å². The van der Waals surface area contributed by atoms with Crippen LogP contribution in [0.5, 0.6) is 0 Å². The lowest BCUT2D eigenvalue weighted by atomic mass is 10.2. The second kappa shape index (κ2) is 5.32. The highest BCUT2D eigenvalue weighted by Crippen LogP contribution is 2.29. The minimum Gasteiger partial charge on any atom is -0.331 e. The van der Waals surface area contributed by atoms with Crippen molar-refractivity contribution in [2.45, 2.75) is 18.9 Å². The fourth-order valence-electron chi connectivity index (χ4n) is 1.80. The average Bonchev–Trinajstić information content (AvgIpc) is 2.85. The molecule has 1 atom stereocenters. The molecule has 2 rings (SSSR count). The molecule has 0 bridgehead atoms. The zero-order valence-corrected chi connectivity index (χ0v) is 9.59. The third-order valence-electron chi connectivity index (χ3n) is 2.44. The highest BCUT2D eigenvalue weighted by molar-refractivity contribution is 6.27. The molecule has 2 heterocycles. The number of aromatic nitrogens is 3. The van der Waals surface area contributed by atoms with Crippen LogP contribution in [0.25, 0.3) is 0 Å². The lowest BCUT2D eigenvalue weighted by molar-refractivity contribution is -0.129. The van der Waals surface area contributed by atoms with Gasteiger partial charge in [-0.2, -0.15) is 5.10 Å². The highest BCUT2D eigenvalue weighted by atomic mass is 35.5. The molecule has 15 heavy (non-hydrogen) atoms. The second-order valence-corrected chi connectivity index (χ2v) is 3.52. The standard InChI is InChI=1S/C8H11ClN4O.ClH/c9-4-7(14)13-3-1-2-6(13)8-10-5-11-12-8;/h5-6H,1-4H2,(H,10,11,12);1H/t6-;/m1./s1.